The molecule has 0 radical (unpaired) electrons. The van der Waals surface area contributed by atoms with Crippen LogP contribution in [0.5, 0.6) is 0 Å². The Morgan fingerprint density at radius 3 is 2.67 bits per heavy atom. The van der Waals surface area contributed by atoms with Crippen molar-refractivity contribution in [2.45, 2.75) is 45.1 Å². The van der Waals surface area contributed by atoms with Gasteiger partial charge in [0.05, 0.1) is 0 Å². The van der Waals surface area contributed by atoms with Crippen LogP contribution in [0.15, 0.2) is 12.2 Å². The molecule has 4 unspecified atom stereocenters. The Morgan fingerprint density at radius 2 is 2.07 bits per heavy atom. The maximum absolute atomic E-state index is 12.2. The second-order valence-corrected chi connectivity index (χ2v) is 5.26. The van der Waals surface area contributed by atoms with Gasteiger partial charge in [-0.05, 0) is 25.2 Å². The van der Waals surface area contributed by atoms with E-state index in [-0.39, 0.29) is 12.0 Å². The average molecular weight is 207 g/mol. The third-order valence-electron chi connectivity index (χ3n) is 3.82. The third kappa shape index (κ3) is 2.49. The molecule has 2 aliphatic rings. The fourth-order valence-electron chi connectivity index (χ4n) is 2.93. The summed E-state index contributed by atoms with van der Waals surface area (Å²) in [6.07, 6.45) is 9.55. The number of hydrogen-bond acceptors (Lipinski definition) is 2. The lowest BCUT2D eigenvalue weighted by molar-refractivity contribution is -0.126. The van der Waals surface area contributed by atoms with Crippen molar-refractivity contribution in [1.29, 1.82) is 0 Å². The Morgan fingerprint density at radius 1 is 1.27 bits per heavy atom. The number of carbonyl (C=O) groups is 1. The quantitative estimate of drug-likeness (QED) is 0.706. The summed E-state index contributed by atoms with van der Waals surface area (Å²) in [6.45, 7) is 2.26. The minimum absolute atomic E-state index is 0.111. The topological polar surface area (TPSA) is 43.1 Å². The second kappa shape index (κ2) is 4.48. The average Bonchev–Trinajstić information content (AvgIpc) is 2.64. The molecule has 2 aliphatic carbocycles. The number of ketones is 1. The summed E-state index contributed by atoms with van der Waals surface area (Å²) in [4.78, 5) is 12.2. The van der Waals surface area contributed by atoms with Crippen LogP contribution in [-0.4, -0.2) is 11.8 Å². The second-order valence-electron chi connectivity index (χ2n) is 5.26. The first kappa shape index (κ1) is 10.9. The zero-order valence-electron chi connectivity index (χ0n) is 9.49. The van der Waals surface area contributed by atoms with Gasteiger partial charge in [0.1, 0.15) is 5.78 Å². The fourth-order valence-corrected chi connectivity index (χ4v) is 2.93. The first-order valence-corrected chi connectivity index (χ1v) is 6.14. The molecule has 4 atom stereocenters. The number of carbonyl (C=O) groups excluding carboxylic acids is 1. The molecule has 0 bridgehead atoms. The zero-order valence-corrected chi connectivity index (χ0v) is 9.49. The molecule has 0 saturated heterocycles. The van der Waals surface area contributed by atoms with Gasteiger partial charge in [0, 0.05) is 17.9 Å². The van der Waals surface area contributed by atoms with Gasteiger partial charge < -0.3 is 5.73 Å². The summed E-state index contributed by atoms with van der Waals surface area (Å²) < 4.78 is 0. The molecule has 1 fully saturated rings. The van der Waals surface area contributed by atoms with Crippen molar-refractivity contribution < 1.29 is 4.79 Å². The summed E-state index contributed by atoms with van der Waals surface area (Å²) in [5, 5.41) is 0. The molecule has 84 valence electrons. The molecule has 2 nitrogen and oxygen atoms in total. The number of nitrogens with two attached hydrogens (primary N) is 1. The standard InChI is InChI=1S/C13H21NO/c1-9-3-2-4-10(7-9)13(15)11-5-6-12(14)8-11/h5-6,9-12H,2-4,7-8,14H2,1H3. The van der Waals surface area contributed by atoms with Crippen LogP contribution in [-0.2, 0) is 4.79 Å². The number of rotatable bonds is 2. The first-order chi connectivity index (χ1) is 7.16. The molecule has 0 amide bonds. The van der Waals surface area contributed by atoms with Crippen molar-refractivity contribution in [3.8, 4) is 0 Å². The SMILES string of the molecule is CC1CCCC(C(=O)C2C=CC(N)C2)C1. The number of Topliss-reactive ketones (excluding diaryl/α,β-unsaturated/α-hetero) is 1. The molecule has 2 heteroatoms. The van der Waals surface area contributed by atoms with E-state index in [1.807, 2.05) is 12.2 Å². The van der Waals surface area contributed by atoms with Gasteiger partial charge in [-0.25, -0.2) is 0 Å². The van der Waals surface area contributed by atoms with Crippen molar-refractivity contribution in [3.05, 3.63) is 12.2 Å². The highest BCUT2D eigenvalue weighted by molar-refractivity contribution is 5.85. The normalized spacial score (nSPS) is 40.7. The van der Waals surface area contributed by atoms with E-state index in [0.717, 1.165) is 25.2 Å². The van der Waals surface area contributed by atoms with Gasteiger partial charge in [-0.1, -0.05) is 31.9 Å². The molecule has 0 spiro atoms. The third-order valence-corrected chi connectivity index (χ3v) is 3.82. The molecule has 0 heterocycles. The maximum atomic E-state index is 12.2. The van der Waals surface area contributed by atoms with Crippen molar-refractivity contribution in [3.63, 3.8) is 0 Å². The lowest BCUT2D eigenvalue weighted by Crippen LogP contribution is -2.28. The molecule has 2 rings (SSSR count). The minimum Gasteiger partial charge on any atom is -0.324 e. The van der Waals surface area contributed by atoms with Crippen molar-refractivity contribution in [1.82, 2.24) is 0 Å². The van der Waals surface area contributed by atoms with E-state index >= 15 is 0 Å². The molecule has 0 aromatic heterocycles. The lowest BCUT2D eigenvalue weighted by atomic mass is 9.77. The highest BCUT2D eigenvalue weighted by Gasteiger charge is 2.31. The Labute approximate surface area is 91.9 Å². The summed E-state index contributed by atoms with van der Waals surface area (Å²) in [5.74, 6) is 1.61. The Balaban J connectivity index is 1.93. The van der Waals surface area contributed by atoms with E-state index in [4.69, 9.17) is 5.73 Å². The highest BCUT2D eigenvalue weighted by atomic mass is 16.1. The van der Waals surface area contributed by atoms with E-state index in [1.165, 1.54) is 12.8 Å². The van der Waals surface area contributed by atoms with Gasteiger partial charge in [-0.15, -0.1) is 0 Å². The fraction of sp³-hybridized carbons (Fsp3) is 0.769. The molecule has 15 heavy (non-hydrogen) atoms. The van der Waals surface area contributed by atoms with Gasteiger partial charge >= 0.3 is 0 Å². The van der Waals surface area contributed by atoms with Gasteiger partial charge in [0.25, 0.3) is 0 Å². The molecule has 2 N–H and O–H groups in total. The highest BCUT2D eigenvalue weighted by Crippen LogP contribution is 2.33. The van der Waals surface area contributed by atoms with Gasteiger partial charge in [0.15, 0.2) is 0 Å². The van der Waals surface area contributed by atoms with Crippen LogP contribution >= 0.6 is 0 Å². The van der Waals surface area contributed by atoms with Crippen molar-refractivity contribution >= 4 is 5.78 Å². The van der Waals surface area contributed by atoms with E-state index in [9.17, 15) is 4.79 Å². The predicted molar refractivity (Wildman–Crippen MR) is 61.4 cm³/mol. The zero-order chi connectivity index (χ0) is 10.8. The number of hydrogen-bond donors (Lipinski definition) is 1. The summed E-state index contributed by atoms with van der Waals surface area (Å²) >= 11 is 0. The minimum atomic E-state index is 0.111. The number of allylic oxidation sites excluding steroid dienone is 1. The molecule has 1 saturated carbocycles. The summed E-state index contributed by atoms with van der Waals surface area (Å²) in [6, 6.07) is 0.111. The van der Waals surface area contributed by atoms with Crippen LogP contribution in [0.25, 0.3) is 0 Å². The van der Waals surface area contributed by atoms with Crippen LogP contribution in [0.1, 0.15) is 39.0 Å². The Bertz CT molecular complexity index is 272. The Hall–Kier alpha value is -0.630. The van der Waals surface area contributed by atoms with Crippen LogP contribution in [0, 0.1) is 17.8 Å². The molecule has 0 aromatic rings. The van der Waals surface area contributed by atoms with Crippen LogP contribution in [0.4, 0.5) is 0 Å². The van der Waals surface area contributed by atoms with E-state index in [1.54, 1.807) is 0 Å². The van der Waals surface area contributed by atoms with Crippen LogP contribution < -0.4 is 5.73 Å². The summed E-state index contributed by atoms with van der Waals surface area (Å²) in [5.41, 5.74) is 5.78. The van der Waals surface area contributed by atoms with Crippen LogP contribution in [0.3, 0.4) is 0 Å². The van der Waals surface area contributed by atoms with Crippen molar-refractivity contribution in [2.24, 2.45) is 23.5 Å². The van der Waals surface area contributed by atoms with E-state index in [2.05, 4.69) is 6.92 Å². The van der Waals surface area contributed by atoms with Gasteiger partial charge in [-0.3, -0.25) is 4.79 Å². The molecule has 0 aromatic carbocycles. The summed E-state index contributed by atoms with van der Waals surface area (Å²) in [7, 11) is 0. The molecular formula is C13H21NO. The van der Waals surface area contributed by atoms with Crippen LogP contribution in [0.2, 0.25) is 0 Å². The van der Waals surface area contributed by atoms with E-state index < -0.39 is 0 Å². The van der Waals surface area contributed by atoms with Gasteiger partial charge in [0.2, 0.25) is 0 Å². The van der Waals surface area contributed by atoms with Gasteiger partial charge in [-0.2, -0.15) is 0 Å². The smallest absolute Gasteiger partial charge is 0.142 e. The molecule has 0 aliphatic heterocycles. The monoisotopic (exact) mass is 207 g/mol. The lowest BCUT2D eigenvalue weighted by Gasteiger charge is -2.27. The van der Waals surface area contributed by atoms with E-state index in [0.29, 0.717) is 11.7 Å². The van der Waals surface area contributed by atoms with Crippen molar-refractivity contribution in [2.75, 3.05) is 0 Å². The Kier molecular flexibility index (Phi) is 3.25. The maximum Gasteiger partial charge on any atom is 0.142 e. The predicted octanol–water partition coefficient (Wildman–Crippen LogP) is 2.29. The molecular weight excluding hydrogens is 186 g/mol. The largest absolute Gasteiger partial charge is 0.324 e. The first-order valence-electron chi connectivity index (χ1n) is 6.14.